The molecule has 2 aliphatic heterocycles. The molecule has 4 aliphatic rings. The molecule has 0 radical (unpaired) electrons. The SMILES string of the molecule is C=C[C@H]1OC2(CCCC3=CC4(CC[C@@]32C)SCCS4)O[C@@H]1C. The minimum atomic E-state index is -0.426. The van der Waals surface area contributed by atoms with Crippen LogP contribution >= 0.6 is 23.5 Å². The van der Waals surface area contributed by atoms with Gasteiger partial charge in [0, 0.05) is 23.3 Å². The van der Waals surface area contributed by atoms with Crippen molar-refractivity contribution in [1.29, 1.82) is 0 Å². The summed E-state index contributed by atoms with van der Waals surface area (Å²) in [5.41, 5.74) is 1.62. The number of ether oxygens (including phenoxy) is 2. The number of fused-ring (bicyclic) bond motifs is 2. The molecule has 0 N–H and O–H groups in total. The van der Waals surface area contributed by atoms with Gasteiger partial charge in [-0.2, -0.15) is 0 Å². The van der Waals surface area contributed by atoms with Crippen molar-refractivity contribution in [3.8, 4) is 0 Å². The molecule has 2 spiro atoms. The van der Waals surface area contributed by atoms with Gasteiger partial charge in [-0.15, -0.1) is 30.1 Å². The van der Waals surface area contributed by atoms with E-state index < -0.39 is 5.79 Å². The topological polar surface area (TPSA) is 18.5 Å². The van der Waals surface area contributed by atoms with Crippen LogP contribution in [0.3, 0.4) is 0 Å². The largest absolute Gasteiger partial charge is 0.343 e. The van der Waals surface area contributed by atoms with Gasteiger partial charge in [-0.1, -0.05) is 24.6 Å². The molecule has 0 aromatic heterocycles. The lowest BCUT2D eigenvalue weighted by Crippen LogP contribution is -2.54. The number of hydrogen-bond acceptors (Lipinski definition) is 4. The summed E-state index contributed by atoms with van der Waals surface area (Å²) in [6.07, 6.45) is 10.5. The minimum Gasteiger partial charge on any atom is -0.343 e. The Morgan fingerprint density at radius 2 is 2.00 bits per heavy atom. The second-order valence-corrected chi connectivity index (χ2v) is 10.4. The molecule has 1 saturated carbocycles. The first-order chi connectivity index (χ1) is 10.5. The number of rotatable bonds is 1. The third kappa shape index (κ3) is 2.10. The van der Waals surface area contributed by atoms with Gasteiger partial charge in [0.15, 0.2) is 5.79 Å². The fourth-order valence-electron chi connectivity index (χ4n) is 4.68. The zero-order chi connectivity index (χ0) is 15.4. The van der Waals surface area contributed by atoms with Crippen molar-refractivity contribution in [1.82, 2.24) is 0 Å². The second-order valence-electron chi connectivity index (χ2n) is 7.26. The van der Waals surface area contributed by atoms with Crippen molar-refractivity contribution < 1.29 is 9.47 Å². The molecule has 0 aromatic carbocycles. The van der Waals surface area contributed by atoms with Crippen molar-refractivity contribution in [2.45, 2.75) is 68.0 Å². The van der Waals surface area contributed by atoms with Crippen LogP contribution in [0.25, 0.3) is 0 Å². The lowest BCUT2D eigenvalue weighted by atomic mass is 9.62. The summed E-state index contributed by atoms with van der Waals surface area (Å²) in [6, 6.07) is 0. The van der Waals surface area contributed by atoms with Crippen molar-refractivity contribution in [2.75, 3.05) is 11.5 Å². The van der Waals surface area contributed by atoms with Crippen LogP contribution in [-0.2, 0) is 9.47 Å². The molecule has 2 aliphatic carbocycles. The van der Waals surface area contributed by atoms with E-state index in [4.69, 9.17) is 9.47 Å². The molecule has 0 bridgehead atoms. The lowest BCUT2D eigenvalue weighted by Gasteiger charge is -2.53. The van der Waals surface area contributed by atoms with Gasteiger partial charge >= 0.3 is 0 Å². The Balaban J connectivity index is 1.71. The van der Waals surface area contributed by atoms with Crippen LogP contribution in [0, 0.1) is 5.41 Å². The maximum Gasteiger partial charge on any atom is 0.178 e. The standard InChI is InChI=1S/C18H26O2S2/c1-4-15-13(2)19-18(20-15)7-5-6-14-12-17(21-10-11-22-17)9-8-16(14,18)3/h4,12-13,15H,1,5-11H2,2-3H3/t13-,15-,16+,18?/m1/s1. The van der Waals surface area contributed by atoms with E-state index in [9.17, 15) is 0 Å². The summed E-state index contributed by atoms with van der Waals surface area (Å²) >= 11 is 4.29. The molecule has 1 unspecified atom stereocenters. The zero-order valence-electron chi connectivity index (χ0n) is 13.6. The number of hydrogen-bond donors (Lipinski definition) is 0. The summed E-state index contributed by atoms with van der Waals surface area (Å²) in [6.45, 7) is 8.43. The maximum atomic E-state index is 6.48. The fourth-order valence-corrected chi connectivity index (χ4v) is 7.81. The van der Waals surface area contributed by atoms with Crippen LogP contribution in [-0.4, -0.2) is 33.6 Å². The number of thioether (sulfide) groups is 2. The lowest BCUT2D eigenvalue weighted by molar-refractivity contribution is -0.248. The highest BCUT2D eigenvalue weighted by atomic mass is 32.2. The zero-order valence-corrected chi connectivity index (χ0v) is 15.2. The van der Waals surface area contributed by atoms with Crippen LogP contribution < -0.4 is 0 Å². The van der Waals surface area contributed by atoms with Crippen molar-refractivity contribution in [2.24, 2.45) is 5.41 Å². The monoisotopic (exact) mass is 338 g/mol. The highest BCUT2D eigenvalue weighted by molar-refractivity contribution is 8.21. The van der Waals surface area contributed by atoms with Crippen molar-refractivity contribution in [3.05, 3.63) is 24.3 Å². The predicted octanol–water partition coefficient (Wildman–Crippen LogP) is 4.76. The van der Waals surface area contributed by atoms with E-state index in [-0.39, 0.29) is 17.6 Å². The molecule has 122 valence electrons. The fraction of sp³-hybridized carbons (Fsp3) is 0.778. The normalized spacial score (nSPS) is 46.7. The molecular formula is C18H26O2S2. The van der Waals surface area contributed by atoms with E-state index in [2.05, 4.69) is 50.0 Å². The molecule has 4 atom stereocenters. The van der Waals surface area contributed by atoms with Crippen molar-refractivity contribution >= 4 is 23.5 Å². The van der Waals surface area contributed by atoms with Crippen LogP contribution in [0.4, 0.5) is 0 Å². The molecule has 2 nitrogen and oxygen atoms in total. The third-order valence-corrected chi connectivity index (χ3v) is 9.45. The third-order valence-electron chi connectivity index (χ3n) is 6.04. The van der Waals surface area contributed by atoms with E-state index in [1.54, 1.807) is 5.57 Å². The molecule has 4 heteroatoms. The van der Waals surface area contributed by atoms with E-state index in [1.165, 1.54) is 37.2 Å². The van der Waals surface area contributed by atoms with E-state index in [1.807, 2.05) is 6.08 Å². The molecule has 22 heavy (non-hydrogen) atoms. The van der Waals surface area contributed by atoms with Gasteiger partial charge in [0.25, 0.3) is 0 Å². The van der Waals surface area contributed by atoms with Gasteiger partial charge in [0.2, 0.25) is 0 Å². The average Bonchev–Trinajstić information content (AvgIpc) is 3.08. The highest BCUT2D eigenvalue weighted by Gasteiger charge is 2.61. The first-order valence-corrected chi connectivity index (χ1v) is 10.5. The second kappa shape index (κ2) is 5.30. The minimum absolute atomic E-state index is 0.0299. The Hall–Kier alpha value is 0.1000. The molecule has 0 amide bonds. The van der Waals surface area contributed by atoms with Crippen LogP contribution in [0.15, 0.2) is 24.3 Å². The van der Waals surface area contributed by atoms with E-state index in [0.717, 1.165) is 6.42 Å². The maximum absolute atomic E-state index is 6.48. The average molecular weight is 339 g/mol. The quantitative estimate of drug-likeness (QED) is 0.641. The van der Waals surface area contributed by atoms with Crippen LogP contribution in [0.2, 0.25) is 0 Å². The van der Waals surface area contributed by atoms with E-state index in [0.29, 0.717) is 4.08 Å². The van der Waals surface area contributed by atoms with Crippen LogP contribution in [0.5, 0.6) is 0 Å². The molecule has 4 rings (SSSR count). The van der Waals surface area contributed by atoms with Crippen molar-refractivity contribution in [3.63, 3.8) is 0 Å². The molecule has 2 saturated heterocycles. The Morgan fingerprint density at radius 3 is 2.68 bits per heavy atom. The highest BCUT2D eigenvalue weighted by Crippen LogP contribution is 2.63. The van der Waals surface area contributed by atoms with Gasteiger partial charge in [-0.3, -0.25) is 0 Å². The summed E-state index contributed by atoms with van der Waals surface area (Å²) in [5.74, 6) is 2.16. The summed E-state index contributed by atoms with van der Waals surface area (Å²) in [4.78, 5) is 0. The molecular weight excluding hydrogens is 312 g/mol. The summed E-state index contributed by atoms with van der Waals surface area (Å²) in [7, 11) is 0. The van der Waals surface area contributed by atoms with Gasteiger partial charge in [-0.05, 0) is 32.6 Å². The molecule has 0 aromatic rings. The molecule has 2 heterocycles. The Kier molecular flexibility index (Phi) is 3.76. The van der Waals surface area contributed by atoms with Gasteiger partial charge in [0.1, 0.15) is 6.10 Å². The summed E-state index contributed by atoms with van der Waals surface area (Å²) in [5, 5.41) is 0. The first kappa shape index (κ1) is 15.6. The summed E-state index contributed by atoms with van der Waals surface area (Å²) < 4.78 is 13.3. The smallest absolute Gasteiger partial charge is 0.178 e. The van der Waals surface area contributed by atoms with Crippen LogP contribution in [0.1, 0.15) is 46.0 Å². The van der Waals surface area contributed by atoms with Gasteiger partial charge in [0.05, 0.1) is 10.2 Å². The van der Waals surface area contributed by atoms with Gasteiger partial charge < -0.3 is 9.47 Å². The predicted molar refractivity (Wildman–Crippen MR) is 95.3 cm³/mol. The van der Waals surface area contributed by atoms with Gasteiger partial charge in [-0.25, -0.2) is 0 Å². The molecule has 3 fully saturated rings. The Bertz CT molecular complexity index is 511. The Morgan fingerprint density at radius 1 is 1.23 bits per heavy atom. The first-order valence-electron chi connectivity index (χ1n) is 8.51. The Labute approximate surface area is 142 Å². The van der Waals surface area contributed by atoms with E-state index >= 15 is 0 Å².